The first-order chi connectivity index (χ1) is 14.6. The zero-order chi connectivity index (χ0) is 21.0. The normalized spacial score (nSPS) is 12.7. The van der Waals surface area contributed by atoms with Crippen LogP contribution in [-0.4, -0.2) is 15.4 Å². The number of ether oxygens (including phenoxy) is 1. The maximum atomic E-state index is 6.30. The fraction of sp³-hybridized carbons (Fsp3) is 0.185. The smallest absolute Gasteiger partial charge is 0.175 e. The van der Waals surface area contributed by atoms with E-state index in [2.05, 4.69) is 80.4 Å². The molecule has 0 N–H and O–H groups in total. The minimum atomic E-state index is -1.58. The highest BCUT2D eigenvalue weighted by Crippen LogP contribution is 2.32. The van der Waals surface area contributed by atoms with Crippen molar-refractivity contribution in [2.75, 3.05) is 6.61 Å². The lowest BCUT2D eigenvalue weighted by molar-refractivity contribution is 0.0621. The highest BCUT2D eigenvalue weighted by molar-refractivity contribution is 6.87. The van der Waals surface area contributed by atoms with E-state index in [1.54, 1.807) is 0 Å². The molecule has 0 spiro atoms. The van der Waals surface area contributed by atoms with E-state index in [0.29, 0.717) is 12.4 Å². The molecule has 1 atom stereocenters. The van der Waals surface area contributed by atoms with Gasteiger partial charge in [-0.1, -0.05) is 109 Å². The minimum Gasteiger partial charge on any atom is -0.457 e. The van der Waals surface area contributed by atoms with Gasteiger partial charge >= 0.3 is 0 Å². The van der Waals surface area contributed by atoms with E-state index in [4.69, 9.17) is 15.6 Å². The van der Waals surface area contributed by atoms with Gasteiger partial charge in [-0.25, -0.2) is 0 Å². The lowest BCUT2D eigenvalue weighted by atomic mass is 10.2. The van der Waals surface area contributed by atoms with E-state index >= 15 is 0 Å². The molecular formula is C27H26O2Si. The summed E-state index contributed by atoms with van der Waals surface area (Å²) in [7, 11) is -1.58. The molecule has 0 aliphatic heterocycles. The van der Waals surface area contributed by atoms with E-state index < -0.39 is 14.9 Å². The summed E-state index contributed by atoms with van der Waals surface area (Å²) in [6.07, 6.45) is 5.33. The monoisotopic (exact) mass is 410 g/mol. The summed E-state index contributed by atoms with van der Waals surface area (Å²) in [5, 5.41) is 3.79. The zero-order valence-corrected chi connectivity index (χ0v) is 18.6. The molecule has 30 heavy (non-hydrogen) atoms. The number of rotatable bonds is 7. The van der Waals surface area contributed by atoms with Crippen LogP contribution in [0.1, 0.15) is 25.7 Å². The molecule has 3 heteroatoms. The predicted molar refractivity (Wildman–Crippen MR) is 127 cm³/mol. The molecule has 1 aromatic heterocycles. The van der Waals surface area contributed by atoms with Crippen LogP contribution in [-0.2, 0) is 4.74 Å². The molecule has 0 amide bonds. The van der Waals surface area contributed by atoms with Gasteiger partial charge in [0, 0.05) is 5.39 Å². The molecule has 4 rings (SSSR count). The summed E-state index contributed by atoms with van der Waals surface area (Å²) in [5.74, 6) is 3.46. The number of terminal acetylenes is 1. The molecule has 150 valence electrons. The van der Waals surface area contributed by atoms with Gasteiger partial charge in [0.2, 0.25) is 0 Å². The van der Waals surface area contributed by atoms with Gasteiger partial charge in [-0.3, -0.25) is 0 Å². The van der Waals surface area contributed by atoms with Crippen LogP contribution in [0.3, 0.4) is 0 Å². The number of hydrogen-bond acceptors (Lipinski definition) is 2. The van der Waals surface area contributed by atoms with Crippen molar-refractivity contribution in [2.24, 2.45) is 0 Å². The van der Waals surface area contributed by atoms with Gasteiger partial charge in [0.25, 0.3) is 0 Å². The third-order valence-electron chi connectivity index (χ3n) is 5.52. The number of fused-ring (bicyclic) bond motifs is 1. The third-order valence-corrected chi connectivity index (χ3v) is 9.36. The van der Waals surface area contributed by atoms with Gasteiger partial charge in [0.05, 0.1) is 6.61 Å². The Morgan fingerprint density at radius 3 is 2.03 bits per heavy atom. The second-order valence-corrected chi connectivity index (χ2v) is 12.0. The van der Waals surface area contributed by atoms with E-state index in [9.17, 15) is 0 Å². The van der Waals surface area contributed by atoms with Crippen molar-refractivity contribution in [3.05, 3.63) is 96.8 Å². The Balaban J connectivity index is 1.60. The van der Waals surface area contributed by atoms with Crippen LogP contribution in [0.4, 0.5) is 0 Å². The molecular weight excluding hydrogens is 384 g/mol. The van der Waals surface area contributed by atoms with Crippen molar-refractivity contribution in [3.8, 4) is 12.3 Å². The maximum Gasteiger partial charge on any atom is 0.175 e. The summed E-state index contributed by atoms with van der Waals surface area (Å²) >= 11 is 0. The Bertz CT molecular complexity index is 1070. The van der Waals surface area contributed by atoms with Crippen molar-refractivity contribution in [3.63, 3.8) is 0 Å². The minimum absolute atomic E-state index is 0.0518. The molecule has 0 radical (unpaired) electrons. The van der Waals surface area contributed by atoms with Gasteiger partial charge in [-0.2, -0.15) is 0 Å². The Morgan fingerprint density at radius 1 is 0.900 bits per heavy atom. The predicted octanol–water partition coefficient (Wildman–Crippen LogP) is 4.95. The number of para-hydroxylation sites is 1. The van der Waals surface area contributed by atoms with E-state index in [-0.39, 0.29) is 5.04 Å². The van der Waals surface area contributed by atoms with Crippen LogP contribution in [0, 0.1) is 12.3 Å². The molecule has 0 saturated carbocycles. The van der Waals surface area contributed by atoms with Crippen molar-refractivity contribution in [1.82, 2.24) is 0 Å². The lowest BCUT2D eigenvalue weighted by Crippen LogP contribution is -2.51. The molecule has 3 aromatic carbocycles. The molecule has 2 nitrogen and oxygen atoms in total. The van der Waals surface area contributed by atoms with Gasteiger partial charge in [0.15, 0.2) is 6.10 Å². The lowest BCUT2D eigenvalue weighted by Gasteiger charge is -2.34. The standard InChI is InChI=1S/C27H26O2Si/c1-4-24(26-19-21-13-11-12-18-25(21)29-26)28-20-27(2,3)30(22-14-7-5-8-15-22)23-16-9-6-10-17-23/h1,5-19,24,30H,20H2,2-3H3. The zero-order valence-electron chi connectivity index (χ0n) is 17.4. The molecule has 0 bridgehead atoms. The van der Waals surface area contributed by atoms with Crippen molar-refractivity contribution in [1.29, 1.82) is 0 Å². The second kappa shape index (κ2) is 8.75. The Hall–Kier alpha value is -3.06. The highest BCUT2D eigenvalue weighted by atomic mass is 28.3. The SMILES string of the molecule is C#CC(OCC(C)(C)[SiH](c1ccccc1)c1ccccc1)c1cc2ccccc2o1. The Kier molecular flexibility index (Phi) is 5.90. The molecule has 0 aliphatic rings. The summed E-state index contributed by atoms with van der Waals surface area (Å²) in [4.78, 5) is 0. The van der Waals surface area contributed by atoms with Gasteiger partial charge in [-0.15, -0.1) is 6.42 Å². The number of furan rings is 1. The summed E-state index contributed by atoms with van der Waals surface area (Å²) in [6, 6.07) is 31.5. The first-order valence-corrected chi connectivity index (χ1v) is 12.0. The molecule has 4 aromatic rings. The van der Waals surface area contributed by atoms with Crippen molar-refractivity contribution in [2.45, 2.75) is 25.0 Å². The summed E-state index contributed by atoms with van der Waals surface area (Å²) < 4.78 is 12.3. The largest absolute Gasteiger partial charge is 0.457 e. The molecule has 1 heterocycles. The van der Waals surface area contributed by atoms with Crippen LogP contribution >= 0.6 is 0 Å². The van der Waals surface area contributed by atoms with Crippen molar-refractivity contribution < 1.29 is 9.15 Å². The van der Waals surface area contributed by atoms with E-state index in [0.717, 1.165) is 11.0 Å². The van der Waals surface area contributed by atoms with Crippen LogP contribution < -0.4 is 10.4 Å². The van der Waals surface area contributed by atoms with Gasteiger partial charge in [0.1, 0.15) is 20.1 Å². The van der Waals surface area contributed by atoms with Crippen molar-refractivity contribution >= 4 is 30.1 Å². The topological polar surface area (TPSA) is 22.4 Å². The average molecular weight is 411 g/mol. The molecule has 0 saturated heterocycles. The van der Waals surface area contributed by atoms with Crippen LogP contribution in [0.25, 0.3) is 11.0 Å². The van der Waals surface area contributed by atoms with Gasteiger partial charge < -0.3 is 9.15 Å². The Morgan fingerprint density at radius 2 is 1.47 bits per heavy atom. The number of benzene rings is 3. The molecule has 1 unspecified atom stereocenters. The third kappa shape index (κ3) is 4.26. The van der Waals surface area contributed by atoms with Gasteiger partial charge in [-0.05, 0) is 17.2 Å². The first-order valence-electron chi connectivity index (χ1n) is 10.2. The summed E-state index contributed by atoms with van der Waals surface area (Å²) in [6.45, 7) is 5.13. The summed E-state index contributed by atoms with van der Waals surface area (Å²) in [5.41, 5.74) is 0.830. The molecule has 0 fully saturated rings. The first kappa shape index (κ1) is 20.2. The average Bonchev–Trinajstić information content (AvgIpc) is 3.19. The van der Waals surface area contributed by atoms with E-state index in [1.165, 1.54) is 10.4 Å². The van der Waals surface area contributed by atoms with Crippen LogP contribution in [0.5, 0.6) is 0 Å². The fourth-order valence-electron chi connectivity index (χ4n) is 4.11. The fourth-order valence-corrected chi connectivity index (χ4v) is 7.78. The van der Waals surface area contributed by atoms with Crippen LogP contribution in [0.15, 0.2) is 95.4 Å². The number of hydrogen-bond donors (Lipinski definition) is 0. The van der Waals surface area contributed by atoms with Crippen LogP contribution in [0.2, 0.25) is 5.04 Å². The Labute approximate surface area is 180 Å². The second-order valence-electron chi connectivity index (χ2n) is 8.29. The maximum absolute atomic E-state index is 6.30. The highest BCUT2D eigenvalue weighted by Gasteiger charge is 2.35. The van der Waals surface area contributed by atoms with E-state index in [1.807, 2.05) is 30.3 Å². The molecule has 0 aliphatic carbocycles. The quantitative estimate of drug-likeness (QED) is 0.318.